The van der Waals surface area contributed by atoms with Crippen molar-refractivity contribution in [3.05, 3.63) is 29.6 Å². The van der Waals surface area contributed by atoms with Gasteiger partial charge in [-0.1, -0.05) is 6.07 Å². The minimum atomic E-state index is -1.12. The van der Waals surface area contributed by atoms with Gasteiger partial charge in [0.2, 0.25) is 0 Å². The molecule has 0 saturated carbocycles. The number of aliphatic carboxylic acids is 1. The van der Waals surface area contributed by atoms with E-state index in [-0.39, 0.29) is 5.69 Å². The van der Waals surface area contributed by atoms with Gasteiger partial charge in [-0.15, -0.1) is 0 Å². The average molecular weight is 180 g/mol. The van der Waals surface area contributed by atoms with Crippen LogP contribution in [0.25, 0.3) is 0 Å². The van der Waals surface area contributed by atoms with Crippen molar-refractivity contribution in [3.8, 4) is 0 Å². The Morgan fingerprint density at radius 2 is 2.31 bits per heavy atom. The molecule has 5 nitrogen and oxygen atoms in total. The lowest BCUT2D eigenvalue weighted by Crippen LogP contribution is -2.20. The third-order valence-corrected chi connectivity index (χ3v) is 1.56. The summed E-state index contributed by atoms with van der Waals surface area (Å²) in [5.41, 5.74) is 5.93. The van der Waals surface area contributed by atoms with Crippen molar-refractivity contribution in [3.63, 3.8) is 0 Å². The molecule has 0 aliphatic heterocycles. The molecular weight excluding hydrogens is 172 g/mol. The second kappa shape index (κ2) is 3.77. The first-order valence-corrected chi connectivity index (χ1v) is 3.54. The first-order valence-electron chi connectivity index (χ1n) is 3.54. The Labute approximate surface area is 74.2 Å². The summed E-state index contributed by atoms with van der Waals surface area (Å²) in [5.74, 6) is -1.12. The number of nitrogens with zero attached hydrogens (tertiary/aromatic N) is 1. The van der Waals surface area contributed by atoms with E-state index in [0.29, 0.717) is 11.8 Å². The van der Waals surface area contributed by atoms with Crippen molar-refractivity contribution >= 4 is 12.3 Å². The molecule has 68 valence electrons. The molecule has 0 aliphatic rings. The number of carboxylic acid groups (broad SMARTS) is 1. The van der Waals surface area contributed by atoms with Crippen molar-refractivity contribution in [2.75, 3.05) is 0 Å². The number of carboxylic acids is 1. The number of pyridine rings is 1. The summed E-state index contributed by atoms with van der Waals surface area (Å²) < 4.78 is 0. The number of hydrogen-bond donors (Lipinski definition) is 2. The molecule has 1 rings (SSSR count). The first kappa shape index (κ1) is 9.34. The molecule has 0 fully saturated rings. The standard InChI is InChI=1S/C8H8N2O3/c9-7(8(12)13)5-1-2-6(4-11)10-3-5/h1-4,7H,9H2,(H,12,13). The Bertz CT molecular complexity index is 321. The van der Waals surface area contributed by atoms with E-state index < -0.39 is 12.0 Å². The highest BCUT2D eigenvalue weighted by Gasteiger charge is 2.13. The fourth-order valence-electron chi connectivity index (χ4n) is 0.813. The van der Waals surface area contributed by atoms with E-state index in [2.05, 4.69) is 4.98 Å². The van der Waals surface area contributed by atoms with E-state index in [9.17, 15) is 9.59 Å². The van der Waals surface area contributed by atoms with Crippen LogP contribution in [0.1, 0.15) is 22.1 Å². The molecule has 3 N–H and O–H groups in total. The molecule has 5 heteroatoms. The maximum atomic E-state index is 10.4. The topological polar surface area (TPSA) is 93.3 Å². The van der Waals surface area contributed by atoms with Crippen molar-refractivity contribution in [1.82, 2.24) is 4.98 Å². The molecule has 1 unspecified atom stereocenters. The first-order chi connectivity index (χ1) is 6.15. The molecule has 1 aromatic rings. The van der Waals surface area contributed by atoms with Crippen LogP contribution >= 0.6 is 0 Å². The van der Waals surface area contributed by atoms with Crippen LogP contribution in [0.5, 0.6) is 0 Å². The van der Waals surface area contributed by atoms with Crippen LogP contribution in [0.2, 0.25) is 0 Å². The number of carbonyl (C=O) groups excluding carboxylic acids is 1. The molecule has 0 bridgehead atoms. The van der Waals surface area contributed by atoms with Gasteiger partial charge in [-0.3, -0.25) is 14.6 Å². The van der Waals surface area contributed by atoms with E-state index in [4.69, 9.17) is 10.8 Å². The summed E-state index contributed by atoms with van der Waals surface area (Å²) in [6, 6.07) is 1.80. The Morgan fingerprint density at radius 3 is 2.69 bits per heavy atom. The summed E-state index contributed by atoms with van der Waals surface area (Å²) in [7, 11) is 0. The van der Waals surface area contributed by atoms with E-state index in [0.717, 1.165) is 0 Å². The SMILES string of the molecule is NC(C(=O)O)c1ccc(C=O)nc1. The fraction of sp³-hybridized carbons (Fsp3) is 0.125. The fourth-order valence-corrected chi connectivity index (χ4v) is 0.813. The molecule has 0 aliphatic carbocycles. The molecule has 1 atom stereocenters. The van der Waals surface area contributed by atoms with Gasteiger partial charge in [0.25, 0.3) is 0 Å². The Balaban J connectivity index is 2.91. The van der Waals surface area contributed by atoms with Crippen LogP contribution < -0.4 is 5.73 Å². The minimum absolute atomic E-state index is 0.251. The van der Waals surface area contributed by atoms with Gasteiger partial charge in [-0.2, -0.15) is 0 Å². The van der Waals surface area contributed by atoms with Crippen molar-refractivity contribution in [2.45, 2.75) is 6.04 Å². The third-order valence-electron chi connectivity index (χ3n) is 1.56. The van der Waals surface area contributed by atoms with Crippen molar-refractivity contribution in [1.29, 1.82) is 0 Å². The third kappa shape index (κ3) is 2.09. The van der Waals surface area contributed by atoms with Gasteiger partial charge in [-0.05, 0) is 11.6 Å². The Kier molecular flexibility index (Phi) is 2.71. The van der Waals surface area contributed by atoms with Crippen LogP contribution in [-0.2, 0) is 4.79 Å². The largest absolute Gasteiger partial charge is 0.480 e. The lowest BCUT2D eigenvalue weighted by molar-refractivity contribution is -0.138. The summed E-state index contributed by atoms with van der Waals surface area (Å²) in [6.07, 6.45) is 1.86. The van der Waals surface area contributed by atoms with E-state index in [1.165, 1.54) is 18.3 Å². The van der Waals surface area contributed by atoms with Crippen molar-refractivity contribution < 1.29 is 14.7 Å². The lowest BCUT2D eigenvalue weighted by Gasteiger charge is -2.04. The van der Waals surface area contributed by atoms with Crippen LogP contribution in [0.15, 0.2) is 18.3 Å². The predicted octanol–water partition coefficient (Wildman–Crippen LogP) is -0.0215. The summed E-state index contributed by atoms with van der Waals surface area (Å²) in [5, 5.41) is 8.54. The smallest absolute Gasteiger partial charge is 0.325 e. The van der Waals surface area contributed by atoms with Gasteiger partial charge in [0.1, 0.15) is 11.7 Å². The monoisotopic (exact) mass is 180 g/mol. The molecule has 1 aromatic heterocycles. The summed E-state index contributed by atoms with van der Waals surface area (Å²) in [4.78, 5) is 24.3. The quantitative estimate of drug-likeness (QED) is 0.637. The normalized spacial score (nSPS) is 12.1. The highest BCUT2D eigenvalue weighted by Crippen LogP contribution is 2.08. The van der Waals surface area contributed by atoms with Crippen LogP contribution in [0.4, 0.5) is 0 Å². The van der Waals surface area contributed by atoms with E-state index >= 15 is 0 Å². The van der Waals surface area contributed by atoms with Gasteiger partial charge in [0, 0.05) is 6.20 Å². The maximum absolute atomic E-state index is 10.4. The van der Waals surface area contributed by atoms with E-state index in [1.54, 1.807) is 0 Å². The second-order valence-corrected chi connectivity index (χ2v) is 2.45. The summed E-state index contributed by atoms with van der Waals surface area (Å²) >= 11 is 0. The molecule has 0 saturated heterocycles. The zero-order valence-corrected chi connectivity index (χ0v) is 6.68. The minimum Gasteiger partial charge on any atom is -0.480 e. The second-order valence-electron chi connectivity index (χ2n) is 2.45. The lowest BCUT2D eigenvalue weighted by atomic mass is 10.1. The Morgan fingerprint density at radius 1 is 1.62 bits per heavy atom. The number of aromatic nitrogens is 1. The molecule has 13 heavy (non-hydrogen) atoms. The number of hydrogen-bond acceptors (Lipinski definition) is 4. The van der Waals surface area contributed by atoms with Crippen LogP contribution in [-0.4, -0.2) is 22.3 Å². The number of aldehydes is 1. The highest BCUT2D eigenvalue weighted by atomic mass is 16.4. The van der Waals surface area contributed by atoms with Gasteiger partial charge in [-0.25, -0.2) is 0 Å². The summed E-state index contributed by atoms with van der Waals surface area (Å²) in [6.45, 7) is 0. The number of carbonyl (C=O) groups is 2. The van der Waals surface area contributed by atoms with Gasteiger partial charge >= 0.3 is 5.97 Å². The zero-order chi connectivity index (χ0) is 9.84. The predicted molar refractivity (Wildman–Crippen MR) is 44.2 cm³/mol. The maximum Gasteiger partial charge on any atom is 0.325 e. The molecule has 0 aromatic carbocycles. The molecular formula is C8H8N2O3. The van der Waals surface area contributed by atoms with Crippen LogP contribution in [0.3, 0.4) is 0 Å². The van der Waals surface area contributed by atoms with Gasteiger partial charge < -0.3 is 10.8 Å². The van der Waals surface area contributed by atoms with Gasteiger partial charge in [0.15, 0.2) is 6.29 Å². The number of rotatable bonds is 3. The van der Waals surface area contributed by atoms with Gasteiger partial charge in [0.05, 0.1) is 0 Å². The average Bonchev–Trinajstić information content (AvgIpc) is 2.17. The Hall–Kier alpha value is -1.75. The highest BCUT2D eigenvalue weighted by molar-refractivity contribution is 5.76. The molecule has 0 amide bonds. The number of nitrogens with two attached hydrogens (primary N) is 1. The van der Waals surface area contributed by atoms with Crippen LogP contribution in [0, 0.1) is 0 Å². The zero-order valence-electron chi connectivity index (χ0n) is 6.68. The molecule has 0 radical (unpaired) electrons. The van der Waals surface area contributed by atoms with Crippen molar-refractivity contribution in [2.24, 2.45) is 5.73 Å². The molecule has 1 heterocycles. The molecule has 0 spiro atoms. The van der Waals surface area contributed by atoms with E-state index in [1.807, 2.05) is 0 Å².